The van der Waals surface area contributed by atoms with E-state index in [9.17, 15) is 5.11 Å². The second kappa shape index (κ2) is 6.74. The van der Waals surface area contributed by atoms with Gasteiger partial charge in [0.1, 0.15) is 5.75 Å². The van der Waals surface area contributed by atoms with Crippen LogP contribution in [0.1, 0.15) is 31.7 Å². The van der Waals surface area contributed by atoms with Crippen molar-refractivity contribution in [1.29, 1.82) is 5.26 Å². The third kappa shape index (κ3) is 4.52. The second-order valence-electron chi connectivity index (χ2n) is 5.72. The van der Waals surface area contributed by atoms with Crippen LogP contribution in [-0.4, -0.2) is 41.8 Å². The van der Waals surface area contributed by atoms with Gasteiger partial charge in [-0.3, -0.25) is 0 Å². The summed E-state index contributed by atoms with van der Waals surface area (Å²) in [6.45, 7) is 5.28. The quantitative estimate of drug-likeness (QED) is 0.836. The smallest absolute Gasteiger partial charge is 0.120 e. The minimum Gasteiger partial charge on any atom is -0.494 e. The van der Waals surface area contributed by atoms with E-state index in [-0.39, 0.29) is 0 Å². The molecule has 2 rings (SSSR count). The van der Waals surface area contributed by atoms with Gasteiger partial charge in [0.2, 0.25) is 0 Å². The SMILES string of the molecule is CC1(O)CCCN(CCCOc2cccc(C#N)c2)C1. The van der Waals surface area contributed by atoms with E-state index >= 15 is 0 Å². The van der Waals surface area contributed by atoms with Crippen molar-refractivity contribution in [3.05, 3.63) is 29.8 Å². The molecule has 0 aliphatic carbocycles. The van der Waals surface area contributed by atoms with E-state index in [4.69, 9.17) is 10.00 Å². The molecular formula is C16H22N2O2. The Kier molecular flexibility index (Phi) is 4.99. The number of aliphatic hydroxyl groups is 1. The number of hydrogen-bond acceptors (Lipinski definition) is 4. The van der Waals surface area contributed by atoms with E-state index in [1.807, 2.05) is 19.1 Å². The first-order chi connectivity index (χ1) is 9.59. The largest absolute Gasteiger partial charge is 0.494 e. The molecule has 1 fully saturated rings. The Bertz CT molecular complexity index is 480. The molecule has 0 spiro atoms. The molecule has 1 N–H and O–H groups in total. The molecule has 1 aliphatic heterocycles. The molecule has 1 aliphatic rings. The summed E-state index contributed by atoms with van der Waals surface area (Å²) in [5.41, 5.74) is 0.0785. The van der Waals surface area contributed by atoms with Gasteiger partial charge >= 0.3 is 0 Å². The first-order valence-electron chi connectivity index (χ1n) is 7.17. The summed E-state index contributed by atoms with van der Waals surface area (Å²) in [7, 11) is 0. The highest BCUT2D eigenvalue weighted by Gasteiger charge is 2.27. The Hall–Kier alpha value is -1.57. The molecule has 1 unspecified atom stereocenters. The lowest BCUT2D eigenvalue weighted by atomic mass is 9.95. The maximum absolute atomic E-state index is 10.0. The van der Waals surface area contributed by atoms with Gasteiger partial charge in [-0.1, -0.05) is 6.07 Å². The van der Waals surface area contributed by atoms with Gasteiger partial charge in [-0.15, -0.1) is 0 Å². The van der Waals surface area contributed by atoms with E-state index in [2.05, 4.69) is 11.0 Å². The number of hydrogen-bond donors (Lipinski definition) is 1. The number of nitrogens with zero attached hydrogens (tertiary/aromatic N) is 2. The van der Waals surface area contributed by atoms with Crippen LogP contribution in [0.5, 0.6) is 5.75 Å². The Morgan fingerprint density at radius 3 is 3.10 bits per heavy atom. The zero-order valence-electron chi connectivity index (χ0n) is 12.0. The molecule has 0 bridgehead atoms. The topological polar surface area (TPSA) is 56.5 Å². The molecule has 1 heterocycles. The van der Waals surface area contributed by atoms with E-state index < -0.39 is 5.60 Å². The first-order valence-corrected chi connectivity index (χ1v) is 7.17. The number of rotatable bonds is 5. The summed E-state index contributed by atoms with van der Waals surface area (Å²) in [4.78, 5) is 2.29. The fourth-order valence-corrected chi connectivity index (χ4v) is 2.65. The van der Waals surface area contributed by atoms with Crippen LogP contribution < -0.4 is 4.74 Å². The van der Waals surface area contributed by atoms with Crippen molar-refractivity contribution in [2.45, 2.75) is 31.8 Å². The fourth-order valence-electron chi connectivity index (χ4n) is 2.65. The maximum Gasteiger partial charge on any atom is 0.120 e. The van der Waals surface area contributed by atoms with E-state index in [1.165, 1.54) is 0 Å². The van der Waals surface area contributed by atoms with Crippen molar-refractivity contribution >= 4 is 0 Å². The molecule has 1 aromatic carbocycles. The first kappa shape index (κ1) is 14.8. The Balaban J connectivity index is 1.70. The van der Waals surface area contributed by atoms with Gasteiger partial charge in [0, 0.05) is 13.1 Å². The predicted octanol–water partition coefficient (Wildman–Crippen LogP) is 2.17. The molecule has 20 heavy (non-hydrogen) atoms. The zero-order valence-corrected chi connectivity index (χ0v) is 12.0. The lowest BCUT2D eigenvalue weighted by Crippen LogP contribution is -2.46. The van der Waals surface area contributed by atoms with Crippen molar-refractivity contribution < 1.29 is 9.84 Å². The summed E-state index contributed by atoms with van der Waals surface area (Å²) in [6.07, 6.45) is 2.87. The molecule has 0 radical (unpaired) electrons. The average molecular weight is 274 g/mol. The molecule has 108 valence electrons. The summed E-state index contributed by atoms with van der Waals surface area (Å²) in [5.74, 6) is 0.745. The molecule has 0 aromatic heterocycles. The van der Waals surface area contributed by atoms with Crippen LogP contribution in [0, 0.1) is 11.3 Å². The lowest BCUT2D eigenvalue weighted by Gasteiger charge is -2.36. The predicted molar refractivity (Wildman–Crippen MR) is 77.6 cm³/mol. The molecule has 1 atom stereocenters. The van der Waals surface area contributed by atoms with Crippen LogP contribution in [0.2, 0.25) is 0 Å². The van der Waals surface area contributed by atoms with Gasteiger partial charge in [0.15, 0.2) is 0 Å². The molecule has 4 nitrogen and oxygen atoms in total. The summed E-state index contributed by atoms with van der Waals surface area (Å²) >= 11 is 0. The fraction of sp³-hybridized carbons (Fsp3) is 0.562. The highest BCUT2D eigenvalue weighted by Crippen LogP contribution is 2.20. The van der Waals surface area contributed by atoms with Crippen molar-refractivity contribution in [2.75, 3.05) is 26.2 Å². The normalized spacial score (nSPS) is 23.2. The molecule has 4 heteroatoms. The zero-order chi connectivity index (χ0) is 14.4. The third-order valence-corrected chi connectivity index (χ3v) is 3.60. The maximum atomic E-state index is 10.0. The Morgan fingerprint density at radius 2 is 2.35 bits per heavy atom. The van der Waals surface area contributed by atoms with Gasteiger partial charge < -0.3 is 14.7 Å². The second-order valence-corrected chi connectivity index (χ2v) is 5.72. The molecular weight excluding hydrogens is 252 g/mol. The van der Waals surface area contributed by atoms with E-state index in [0.717, 1.165) is 44.6 Å². The van der Waals surface area contributed by atoms with Crippen LogP contribution in [0.25, 0.3) is 0 Å². The summed E-state index contributed by atoms with van der Waals surface area (Å²) < 4.78 is 5.65. The number of likely N-dealkylation sites (tertiary alicyclic amines) is 1. The number of benzene rings is 1. The van der Waals surface area contributed by atoms with Crippen LogP contribution in [0.3, 0.4) is 0 Å². The van der Waals surface area contributed by atoms with Gasteiger partial charge in [-0.25, -0.2) is 0 Å². The van der Waals surface area contributed by atoms with Crippen molar-refractivity contribution in [3.8, 4) is 11.8 Å². The summed E-state index contributed by atoms with van der Waals surface area (Å²) in [6, 6.07) is 9.32. The third-order valence-electron chi connectivity index (χ3n) is 3.60. The highest BCUT2D eigenvalue weighted by atomic mass is 16.5. The van der Waals surface area contributed by atoms with Crippen molar-refractivity contribution in [1.82, 2.24) is 4.90 Å². The van der Waals surface area contributed by atoms with Gasteiger partial charge in [0.25, 0.3) is 0 Å². The van der Waals surface area contributed by atoms with Gasteiger partial charge in [0.05, 0.1) is 23.8 Å². The van der Waals surface area contributed by atoms with Gasteiger partial charge in [-0.05, 0) is 50.9 Å². The average Bonchev–Trinajstić information content (AvgIpc) is 2.43. The molecule has 1 saturated heterocycles. The summed E-state index contributed by atoms with van der Waals surface area (Å²) in [5, 5.41) is 18.9. The van der Waals surface area contributed by atoms with E-state index in [0.29, 0.717) is 12.2 Å². The number of piperidine rings is 1. The van der Waals surface area contributed by atoms with Crippen LogP contribution in [-0.2, 0) is 0 Å². The highest BCUT2D eigenvalue weighted by molar-refractivity contribution is 5.36. The Labute approximate surface area is 120 Å². The Morgan fingerprint density at radius 1 is 1.50 bits per heavy atom. The van der Waals surface area contributed by atoms with Crippen molar-refractivity contribution in [2.24, 2.45) is 0 Å². The number of ether oxygens (including phenoxy) is 1. The lowest BCUT2D eigenvalue weighted by molar-refractivity contribution is -0.0165. The minimum absolute atomic E-state index is 0.541. The van der Waals surface area contributed by atoms with Crippen LogP contribution in [0.4, 0.5) is 0 Å². The minimum atomic E-state index is -0.541. The van der Waals surface area contributed by atoms with Crippen LogP contribution in [0.15, 0.2) is 24.3 Å². The molecule has 0 amide bonds. The van der Waals surface area contributed by atoms with Crippen LogP contribution >= 0.6 is 0 Å². The van der Waals surface area contributed by atoms with E-state index in [1.54, 1.807) is 12.1 Å². The molecule has 0 saturated carbocycles. The number of nitriles is 1. The van der Waals surface area contributed by atoms with Crippen molar-refractivity contribution in [3.63, 3.8) is 0 Å². The molecule has 1 aromatic rings. The monoisotopic (exact) mass is 274 g/mol. The number of β-amino-alcohol motifs (C(OH)–C–C–N with tert-alkyl or cyclic N) is 1. The van der Waals surface area contributed by atoms with Gasteiger partial charge in [-0.2, -0.15) is 5.26 Å². The standard InChI is InChI=1S/C16H22N2O2/c1-16(19)7-3-8-18(13-16)9-4-10-20-15-6-2-5-14(11-15)12-17/h2,5-6,11,19H,3-4,7-10,13H2,1H3.